The predicted molar refractivity (Wildman–Crippen MR) is 111 cm³/mol. The second-order valence-electron chi connectivity index (χ2n) is 6.67. The highest BCUT2D eigenvalue weighted by Gasteiger charge is 2.26. The summed E-state index contributed by atoms with van der Waals surface area (Å²) in [6.07, 6.45) is 2.35. The first kappa shape index (κ1) is 16.4. The Morgan fingerprint density at radius 2 is 1.68 bits per heavy atom. The zero-order valence-corrected chi connectivity index (χ0v) is 15.1. The average molecular weight is 366 g/mol. The van der Waals surface area contributed by atoms with Gasteiger partial charge in [0.25, 0.3) is 0 Å². The molecule has 5 heteroatoms. The lowest BCUT2D eigenvalue weighted by atomic mass is 9.96. The molecule has 0 saturated heterocycles. The highest BCUT2D eigenvalue weighted by molar-refractivity contribution is 6.04. The van der Waals surface area contributed by atoms with Crippen molar-refractivity contribution in [2.75, 3.05) is 5.43 Å². The van der Waals surface area contributed by atoms with Crippen LogP contribution in [0.4, 0.5) is 5.82 Å². The summed E-state index contributed by atoms with van der Waals surface area (Å²) in [6.45, 7) is 0. The molecule has 0 radical (unpaired) electrons. The first-order valence-corrected chi connectivity index (χ1v) is 9.22. The van der Waals surface area contributed by atoms with Crippen molar-refractivity contribution in [3.63, 3.8) is 0 Å². The molecule has 1 aromatic heterocycles. The predicted octanol–water partition coefficient (Wildman–Crippen LogP) is 4.97. The maximum Gasteiger partial charge on any atom is 0.176 e. The number of hydrogen-bond acceptors (Lipinski definition) is 5. The van der Waals surface area contributed by atoms with Gasteiger partial charge < -0.3 is 4.74 Å². The zero-order chi connectivity index (χ0) is 18.8. The van der Waals surface area contributed by atoms with Crippen LogP contribution in [-0.4, -0.2) is 15.9 Å². The Balaban J connectivity index is 1.52. The van der Waals surface area contributed by atoms with Gasteiger partial charge in [-0.2, -0.15) is 10.2 Å². The van der Waals surface area contributed by atoms with E-state index in [-0.39, 0.29) is 6.10 Å². The fourth-order valence-electron chi connectivity index (χ4n) is 3.48. The van der Waals surface area contributed by atoms with Crippen LogP contribution in [0.5, 0.6) is 5.75 Å². The summed E-state index contributed by atoms with van der Waals surface area (Å²) in [6, 6.07) is 26.2. The van der Waals surface area contributed by atoms with Gasteiger partial charge in [-0.1, -0.05) is 66.7 Å². The van der Waals surface area contributed by atoms with Gasteiger partial charge in [-0.15, -0.1) is 5.10 Å². The number of nitrogens with one attached hydrogen (secondary N) is 1. The third-order valence-electron chi connectivity index (χ3n) is 4.88. The number of rotatable bonds is 3. The van der Waals surface area contributed by atoms with Crippen molar-refractivity contribution >= 4 is 22.3 Å². The largest absolute Gasteiger partial charge is 0.485 e. The van der Waals surface area contributed by atoms with Crippen LogP contribution in [0.3, 0.4) is 0 Å². The van der Waals surface area contributed by atoms with Crippen molar-refractivity contribution in [1.82, 2.24) is 10.2 Å². The van der Waals surface area contributed by atoms with Gasteiger partial charge in [0.2, 0.25) is 0 Å². The van der Waals surface area contributed by atoms with E-state index in [1.54, 1.807) is 6.20 Å². The van der Waals surface area contributed by atoms with Crippen molar-refractivity contribution in [2.24, 2.45) is 5.10 Å². The number of benzene rings is 3. The summed E-state index contributed by atoms with van der Waals surface area (Å²) in [5.41, 5.74) is 6.19. The molecule has 0 aliphatic carbocycles. The Hall–Kier alpha value is -3.73. The van der Waals surface area contributed by atoms with E-state index in [0.29, 0.717) is 12.2 Å². The topological polar surface area (TPSA) is 59.4 Å². The summed E-state index contributed by atoms with van der Waals surface area (Å²) in [5.74, 6) is 1.48. The quantitative estimate of drug-likeness (QED) is 0.520. The molecule has 0 unspecified atom stereocenters. The molecule has 5 nitrogen and oxygen atoms in total. The Kier molecular flexibility index (Phi) is 4.18. The number of hydrogen-bond donors (Lipinski definition) is 1. The molecule has 0 spiro atoms. The van der Waals surface area contributed by atoms with Crippen LogP contribution in [0.15, 0.2) is 90.2 Å². The summed E-state index contributed by atoms with van der Waals surface area (Å²) < 4.78 is 6.23. The lowest BCUT2D eigenvalue weighted by Gasteiger charge is -2.27. The highest BCUT2D eigenvalue weighted by atomic mass is 16.5. The summed E-state index contributed by atoms with van der Waals surface area (Å²) >= 11 is 0. The first-order valence-electron chi connectivity index (χ1n) is 9.22. The van der Waals surface area contributed by atoms with Crippen LogP contribution in [0, 0.1) is 0 Å². The summed E-state index contributed by atoms with van der Waals surface area (Å²) in [5, 5.41) is 15.0. The van der Waals surface area contributed by atoms with Gasteiger partial charge in [-0.05, 0) is 17.7 Å². The molecule has 1 aliphatic rings. The standard InChI is InChI=1S/C23H18N4O/c1-2-8-16(9-3-1)22-14-20(19-12-6-7-13-21(19)28-22)25-27-23-18-11-5-4-10-17(18)15-24-26-23/h1-13,15,22H,14H2,(H,26,27)/t22-/m0/s1. The smallest absolute Gasteiger partial charge is 0.176 e. The minimum atomic E-state index is -0.0738. The third-order valence-corrected chi connectivity index (χ3v) is 4.88. The van der Waals surface area contributed by atoms with Crippen molar-refractivity contribution in [2.45, 2.75) is 12.5 Å². The maximum absolute atomic E-state index is 6.23. The van der Waals surface area contributed by atoms with E-state index in [1.807, 2.05) is 66.7 Å². The molecular formula is C23H18N4O. The van der Waals surface area contributed by atoms with E-state index in [0.717, 1.165) is 33.4 Å². The van der Waals surface area contributed by atoms with Crippen LogP contribution in [-0.2, 0) is 0 Å². The Morgan fingerprint density at radius 3 is 2.61 bits per heavy atom. The number of fused-ring (bicyclic) bond motifs is 2. The number of para-hydroxylation sites is 1. The van der Waals surface area contributed by atoms with Crippen LogP contribution in [0.1, 0.15) is 23.7 Å². The molecule has 1 aliphatic heterocycles. The number of hydrazone groups is 1. The molecule has 28 heavy (non-hydrogen) atoms. The first-order chi connectivity index (χ1) is 13.9. The van der Waals surface area contributed by atoms with Gasteiger partial charge in [0.15, 0.2) is 5.82 Å². The number of aromatic nitrogens is 2. The van der Waals surface area contributed by atoms with Gasteiger partial charge in [0.05, 0.1) is 11.9 Å². The summed E-state index contributed by atoms with van der Waals surface area (Å²) in [7, 11) is 0. The molecule has 0 fully saturated rings. The molecule has 1 N–H and O–H groups in total. The molecule has 2 heterocycles. The normalized spacial score (nSPS) is 17.1. The summed E-state index contributed by atoms with van der Waals surface area (Å²) in [4.78, 5) is 0. The number of nitrogens with zero attached hydrogens (tertiary/aromatic N) is 3. The monoisotopic (exact) mass is 366 g/mol. The molecule has 0 amide bonds. The highest BCUT2D eigenvalue weighted by Crippen LogP contribution is 2.35. The van der Waals surface area contributed by atoms with Gasteiger partial charge in [-0.25, -0.2) is 0 Å². The van der Waals surface area contributed by atoms with Crippen molar-refractivity contribution in [1.29, 1.82) is 0 Å². The van der Waals surface area contributed by atoms with Crippen molar-refractivity contribution in [3.8, 4) is 5.75 Å². The lowest BCUT2D eigenvalue weighted by molar-refractivity contribution is 0.206. The van der Waals surface area contributed by atoms with Crippen LogP contribution < -0.4 is 10.2 Å². The molecule has 0 saturated carbocycles. The third kappa shape index (κ3) is 3.07. The average Bonchev–Trinajstić information content (AvgIpc) is 2.78. The lowest BCUT2D eigenvalue weighted by Crippen LogP contribution is -2.22. The van der Waals surface area contributed by atoms with Crippen molar-refractivity contribution < 1.29 is 4.74 Å². The molecule has 4 aromatic rings. The minimum Gasteiger partial charge on any atom is -0.485 e. The fraction of sp³-hybridized carbons (Fsp3) is 0.0870. The SMILES string of the molecule is c1ccc([C@@H]2CC(=NNc3nncc4ccccc34)c3ccccc3O2)cc1. The maximum atomic E-state index is 6.23. The van der Waals surface area contributed by atoms with E-state index in [9.17, 15) is 0 Å². The fourth-order valence-corrected chi connectivity index (χ4v) is 3.48. The van der Waals surface area contributed by atoms with Crippen LogP contribution >= 0.6 is 0 Å². The zero-order valence-electron chi connectivity index (χ0n) is 15.1. The number of ether oxygens (including phenoxy) is 1. The second-order valence-corrected chi connectivity index (χ2v) is 6.67. The van der Waals surface area contributed by atoms with Crippen molar-refractivity contribution in [3.05, 3.63) is 96.2 Å². The molecule has 0 bridgehead atoms. The number of anilines is 1. The Morgan fingerprint density at radius 1 is 0.893 bits per heavy atom. The molecule has 1 atom stereocenters. The van der Waals surface area contributed by atoms with E-state index < -0.39 is 0 Å². The van der Waals surface area contributed by atoms with E-state index in [1.165, 1.54) is 0 Å². The second kappa shape index (κ2) is 7.12. The van der Waals surface area contributed by atoms with Crippen LogP contribution in [0.2, 0.25) is 0 Å². The minimum absolute atomic E-state index is 0.0738. The van der Waals surface area contributed by atoms with Gasteiger partial charge in [0.1, 0.15) is 11.9 Å². The van der Waals surface area contributed by atoms with E-state index in [4.69, 9.17) is 9.84 Å². The van der Waals surface area contributed by atoms with E-state index >= 15 is 0 Å². The molecular weight excluding hydrogens is 348 g/mol. The van der Waals surface area contributed by atoms with Gasteiger partial charge in [-0.3, -0.25) is 5.43 Å². The van der Waals surface area contributed by atoms with E-state index in [2.05, 4.69) is 27.8 Å². The molecule has 3 aromatic carbocycles. The van der Waals surface area contributed by atoms with Gasteiger partial charge >= 0.3 is 0 Å². The molecule has 5 rings (SSSR count). The Labute approximate surface area is 162 Å². The van der Waals surface area contributed by atoms with Crippen LogP contribution in [0.25, 0.3) is 10.8 Å². The molecule has 136 valence electrons. The van der Waals surface area contributed by atoms with Gasteiger partial charge in [0, 0.05) is 22.8 Å². The Bertz CT molecular complexity index is 1150.